The van der Waals surface area contributed by atoms with Crippen molar-refractivity contribution >= 4 is 60.8 Å². The maximum absolute atomic E-state index is 13.2. The van der Waals surface area contributed by atoms with E-state index in [1.807, 2.05) is 13.8 Å². The molecule has 0 bridgehead atoms. The molecule has 5 unspecified atom stereocenters. The predicted molar refractivity (Wildman–Crippen MR) is 178 cm³/mol. The van der Waals surface area contributed by atoms with E-state index in [1.165, 1.54) is 12.1 Å². The summed E-state index contributed by atoms with van der Waals surface area (Å²) in [5, 5.41) is 31.0. The fourth-order valence-electron chi connectivity index (χ4n) is 4.18. The number of hydrogen-bond acceptors (Lipinski definition) is 11. The zero-order valence-corrected chi connectivity index (χ0v) is 27.8. The fraction of sp³-hybridized carbons (Fsp3) is 0.586. The second-order valence-corrected chi connectivity index (χ2v) is 11.8. The van der Waals surface area contributed by atoms with Crippen molar-refractivity contribution in [3.05, 3.63) is 29.8 Å². The lowest BCUT2D eigenvalue weighted by Crippen LogP contribution is -2.57. The highest BCUT2D eigenvalue weighted by molar-refractivity contribution is 7.80. The molecule has 0 aliphatic carbocycles. The van der Waals surface area contributed by atoms with Crippen LogP contribution in [0.1, 0.15) is 45.1 Å². The van der Waals surface area contributed by atoms with Gasteiger partial charge in [0.25, 0.3) is 0 Å². The molecule has 1 rings (SSSR count). The van der Waals surface area contributed by atoms with Gasteiger partial charge in [-0.1, -0.05) is 26.0 Å². The third-order valence-corrected chi connectivity index (χ3v) is 7.43. The summed E-state index contributed by atoms with van der Waals surface area (Å²) < 4.78 is 0. The normalized spacial score (nSPS) is 14.2. The SMILES string of the molecule is CC(C)CC(NC(=O)CNC(=O)C(CS)NC(=O)C(CCCCN)NC(=O)C(N)Cc1ccc(O)cc1)C(=O)NC(CS)C(=O)O. The number of rotatable bonds is 21. The molecule has 11 N–H and O–H groups in total. The van der Waals surface area contributed by atoms with Gasteiger partial charge in [0, 0.05) is 11.5 Å². The Morgan fingerprint density at radius 1 is 0.783 bits per heavy atom. The predicted octanol–water partition coefficient (Wildman–Crippen LogP) is -1.56. The zero-order valence-electron chi connectivity index (χ0n) is 26.0. The van der Waals surface area contributed by atoms with Gasteiger partial charge in [-0.15, -0.1) is 0 Å². The number of carbonyl (C=O) groups is 6. The van der Waals surface area contributed by atoms with Gasteiger partial charge in [0.1, 0.15) is 29.9 Å². The lowest BCUT2D eigenvalue weighted by atomic mass is 10.0. The molecule has 5 atom stereocenters. The van der Waals surface area contributed by atoms with Crippen LogP contribution in [0.15, 0.2) is 24.3 Å². The van der Waals surface area contributed by atoms with Gasteiger partial charge < -0.3 is 48.3 Å². The summed E-state index contributed by atoms with van der Waals surface area (Å²) in [5.41, 5.74) is 12.3. The molecule has 258 valence electrons. The van der Waals surface area contributed by atoms with E-state index in [9.17, 15) is 39.0 Å². The quantitative estimate of drug-likeness (QED) is 0.0524. The molecule has 0 saturated carbocycles. The Labute approximate surface area is 279 Å². The molecule has 0 fully saturated rings. The van der Waals surface area contributed by atoms with Crippen molar-refractivity contribution in [1.82, 2.24) is 26.6 Å². The van der Waals surface area contributed by atoms with Gasteiger partial charge in [-0.05, 0) is 62.3 Å². The van der Waals surface area contributed by atoms with Crippen molar-refractivity contribution in [2.75, 3.05) is 24.6 Å². The topological polar surface area (TPSA) is 255 Å². The van der Waals surface area contributed by atoms with Crippen molar-refractivity contribution < 1.29 is 39.0 Å². The monoisotopic (exact) mass is 685 g/mol. The van der Waals surface area contributed by atoms with Crippen molar-refractivity contribution in [1.29, 1.82) is 0 Å². The summed E-state index contributed by atoms with van der Waals surface area (Å²) in [6.45, 7) is 3.47. The minimum Gasteiger partial charge on any atom is -0.508 e. The van der Waals surface area contributed by atoms with Gasteiger partial charge in [-0.2, -0.15) is 25.3 Å². The Balaban J connectivity index is 2.82. The first-order valence-corrected chi connectivity index (χ1v) is 16.1. The number of carbonyl (C=O) groups excluding carboxylic acids is 5. The molecule has 1 aromatic rings. The minimum atomic E-state index is -1.27. The van der Waals surface area contributed by atoms with Crippen LogP contribution < -0.4 is 38.1 Å². The van der Waals surface area contributed by atoms with E-state index in [1.54, 1.807) is 12.1 Å². The standard InChI is InChI=1S/C29H47N7O8S2/c1-16(2)11-21(28(42)36-23(15-46)29(43)44)33-24(38)13-32-26(40)22(14-45)35-27(41)20(5-3-4-10-30)34-25(39)19(31)12-17-6-8-18(37)9-7-17/h6-9,16,19-23,37,45-46H,3-5,10-15,30-31H2,1-2H3,(H,32,40)(H,33,38)(H,34,39)(H,35,41)(H,36,42)(H,43,44). The van der Waals surface area contributed by atoms with Crippen molar-refractivity contribution in [3.63, 3.8) is 0 Å². The van der Waals surface area contributed by atoms with Crippen LogP contribution >= 0.6 is 25.3 Å². The van der Waals surface area contributed by atoms with Crippen LogP contribution in [0.2, 0.25) is 0 Å². The van der Waals surface area contributed by atoms with Crippen molar-refractivity contribution in [3.8, 4) is 5.75 Å². The number of unbranched alkanes of at least 4 members (excludes halogenated alkanes) is 1. The maximum atomic E-state index is 13.2. The summed E-state index contributed by atoms with van der Waals surface area (Å²) in [5.74, 6) is -4.94. The Morgan fingerprint density at radius 2 is 1.35 bits per heavy atom. The number of carboxylic acid groups (broad SMARTS) is 1. The number of nitrogens with one attached hydrogen (secondary N) is 5. The van der Waals surface area contributed by atoms with Gasteiger partial charge in [0.2, 0.25) is 29.5 Å². The molecule has 1 aromatic carbocycles. The van der Waals surface area contributed by atoms with Crippen molar-refractivity contribution in [2.24, 2.45) is 17.4 Å². The van der Waals surface area contributed by atoms with Crippen molar-refractivity contribution in [2.45, 2.75) is 76.2 Å². The van der Waals surface area contributed by atoms with E-state index in [-0.39, 0.29) is 42.4 Å². The number of nitrogens with two attached hydrogens (primary N) is 2. The summed E-state index contributed by atoms with van der Waals surface area (Å²) in [4.78, 5) is 75.5. The smallest absolute Gasteiger partial charge is 0.327 e. The second-order valence-electron chi connectivity index (χ2n) is 11.1. The molecule has 0 aliphatic rings. The number of aliphatic carboxylic acids is 1. The van der Waals surface area contributed by atoms with E-state index in [0.717, 1.165) is 0 Å². The Bertz CT molecular complexity index is 1170. The number of hydrogen-bond donors (Lipinski definition) is 11. The summed E-state index contributed by atoms with van der Waals surface area (Å²) in [7, 11) is 0. The van der Waals surface area contributed by atoms with Crippen LogP contribution in [-0.2, 0) is 35.2 Å². The molecular weight excluding hydrogens is 638 g/mol. The first kappa shape index (κ1) is 40.5. The van der Waals surface area contributed by atoms with E-state index in [2.05, 4.69) is 51.8 Å². The van der Waals surface area contributed by atoms with E-state index < -0.39 is 72.3 Å². The van der Waals surface area contributed by atoms with Crippen LogP contribution in [0, 0.1) is 5.92 Å². The van der Waals surface area contributed by atoms with Crippen LogP contribution in [-0.4, -0.2) is 101 Å². The van der Waals surface area contributed by atoms with Crippen LogP contribution in [0.4, 0.5) is 0 Å². The number of thiol groups is 2. The number of aromatic hydroxyl groups is 1. The van der Waals surface area contributed by atoms with Gasteiger partial charge in [0.15, 0.2) is 0 Å². The molecule has 17 heteroatoms. The summed E-state index contributed by atoms with van der Waals surface area (Å²) in [6.07, 6.45) is 1.68. The molecule has 0 radical (unpaired) electrons. The molecule has 0 heterocycles. The molecule has 46 heavy (non-hydrogen) atoms. The number of amides is 5. The zero-order chi connectivity index (χ0) is 34.8. The molecule has 0 spiro atoms. The second kappa shape index (κ2) is 21.3. The van der Waals surface area contributed by atoms with Gasteiger partial charge in [-0.3, -0.25) is 24.0 Å². The molecule has 0 aliphatic heterocycles. The lowest BCUT2D eigenvalue weighted by molar-refractivity contribution is -0.141. The highest BCUT2D eigenvalue weighted by atomic mass is 32.1. The minimum absolute atomic E-state index is 0.0330. The Morgan fingerprint density at radius 3 is 1.89 bits per heavy atom. The number of phenolic OH excluding ortho intramolecular Hbond substituents is 1. The molecular formula is C29H47N7O8S2. The van der Waals surface area contributed by atoms with Gasteiger partial charge >= 0.3 is 5.97 Å². The van der Waals surface area contributed by atoms with Crippen LogP contribution in [0.5, 0.6) is 5.75 Å². The van der Waals surface area contributed by atoms with Crippen LogP contribution in [0.25, 0.3) is 0 Å². The van der Waals surface area contributed by atoms with Gasteiger partial charge in [0.05, 0.1) is 12.6 Å². The van der Waals surface area contributed by atoms with E-state index >= 15 is 0 Å². The Kier molecular flexibility index (Phi) is 18.7. The molecule has 15 nitrogen and oxygen atoms in total. The third kappa shape index (κ3) is 15.2. The fourth-order valence-corrected chi connectivity index (χ4v) is 4.69. The average molecular weight is 686 g/mol. The van der Waals surface area contributed by atoms with Crippen LogP contribution in [0.3, 0.4) is 0 Å². The summed E-state index contributed by atoms with van der Waals surface area (Å²) >= 11 is 8.07. The largest absolute Gasteiger partial charge is 0.508 e. The molecule has 0 aromatic heterocycles. The number of benzene rings is 1. The number of carboxylic acids is 1. The molecule has 0 saturated heterocycles. The van der Waals surface area contributed by atoms with E-state index in [4.69, 9.17) is 11.5 Å². The summed E-state index contributed by atoms with van der Waals surface area (Å²) in [6, 6.07) is 0.672. The average Bonchev–Trinajstić information content (AvgIpc) is 3.00. The van der Waals surface area contributed by atoms with E-state index in [0.29, 0.717) is 24.9 Å². The van der Waals surface area contributed by atoms with Gasteiger partial charge in [-0.25, -0.2) is 4.79 Å². The first-order chi connectivity index (χ1) is 21.7. The maximum Gasteiger partial charge on any atom is 0.327 e. The highest BCUT2D eigenvalue weighted by Crippen LogP contribution is 2.11. The first-order valence-electron chi connectivity index (χ1n) is 14.9. The highest BCUT2D eigenvalue weighted by Gasteiger charge is 2.29. The Hall–Kier alpha value is -3.54. The lowest BCUT2D eigenvalue weighted by Gasteiger charge is -2.24. The molecule has 5 amide bonds. The number of phenols is 1. The third-order valence-electron chi connectivity index (χ3n) is 6.70.